The monoisotopic (exact) mass is 409 g/mol. The minimum atomic E-state index is -1.10. The molecule has 4 rings (SSSR count). The molecule has 0 spiro atoms. The maximum absolute atomic E-state index is 12.4. The highest BCUT2D eigenvalue weighted by atomic mass is 32.2. The van der Waals surface area contributed by atoms with Crippen LogP contribution in [0.25, 0.3) is 0 Å². The van der Waals surface area contributed by atoms with Crippen LogP contribution in [-0.2, 0) is 9.59 Å². The zero-order chi connectivity index (χ0) is 19.5. The number of thioether (sulfide) groups is 2. The van der Waals surface area contributed by atoms with Crippen LogP contribution in [0.4, 0.5) is 0 Å². The predicted molar refractivity (Wildman–Crippen MR) is 106 cm³/mol. The first-order chi connectivity index (χ1) is 12.8. The third-order valence-corrected chi connectivity index (χ3v) is 8.16. The average Bonchev–Trinajstić information content (AvgIpc) is 3.27. The topological polar surface area (TPSA) is 102 Å². The van der Waals surface area contributed by atoms with Gasteiger partial charge in [-0.05, 0) is 19.4 Å². The Morgan fingerprint density at radius 2 is 2.22 bits per heavy atom. The lowest BCUT2D eigenvalue weighted by Crippen LogP contribution is -2.63. The van der Waals surface area contributed by atoms with E-state index in [1.54, 1.807) is 18.7 Å². The number of nitrogens with one attached hydrogen (secondary N) is 1. The molecule has 1 saturated heterocycles. The van der Waals surface area contributed by atoms with Crippen LogP contribution in [0.1, 0.15) is 20.8 Å². The first-order valence-corrected chi connectivity index (χ1v) is 10.9. The lowest BCUT2D eigenvalue weighted by molar-refractivity contribution is -0.163. The van der Waals surface area contributed by atoms with Gasteiger partial charge in [0.25, 0.3) is 0 Å². The van der Waals surface area contributed by atoms with Crippen LogP contribution >= 0.6 is 23.5 Å². The zero-order valence-corrected chi connectivity index (χ0v) is 17.0. The third kappa shape index (κ3) is 3.04. The van der Waals surface area contributed by atoms with Gasteiger partial charge in [-0.3, -0.25) is 9.79 Å². The minimum absolute atomic E-state index is 0.0570. The van der Waals surface area contributed by atoms with Crippen LogP contribution < -0.4 is 5.32 Å². The number of β-lactam (4-membered cyclic amide) rings is 1. The van der Waals surface area contributed by atoms with Gasteiger partial charge < -0.3 is 20.4 Å². The summed E-state index contributed by atoms with van der Waals surface area (Å²) in [6, 6.07) is 0.209. The fourth-order valence-electron chi connectivity index (χ4n) is 4.30. The summed E-state index contributed by atoms with van der Waals surface area (Å²) in [6.07, 6.45) is 1.42. The van der Waals surface area contributed by atoms with Crippen molar-refractivity contribution in [2.24, 2.45) is 16.8 Å². The van der Waals surface area contributed by atoms with E-state index in [-0.39, 0.29) is 29.6 Å². The highest BCUT2D eigenvalue weighted by Crippen LogP contribution is 2.52. The van der Waals surface area contributed by atoms with Gasteiger partial charge in [0.15, 0.2) is 0 Å². The number of aliphatic hydroxyl groups excluding tert-OH is 1. The molecule has 4 aliphatic rings. The molecule has 1 unspecified atom stereocenters. The molecule has 7 nitrogen and oxygen atoms in total. The van der Waals surface area contributed by atoms with Gasteiger partial charge in [0.05, 0.1) is 24.1 Å². The quantitative estimate of drug-likeness (QED) is 0.475. The number of carbonyl (C=O) groups is 2. The SMILES string of the molecule is C[C@H]1C=C(C2CSC(SC3=C(C(=O)O)N4C(=O)[C@H]([C@@H](C)O)[C@H]4[C@H]3C)=N2)CN1. The molecule has 0 aliphatic carbocycles. The van der Waals surface area contributed by atoms with Gasteiger partial charge in [-0.1, -0.05) is 36.5 Å². The maximum Gasteiger partial charge on any atom is 0.353 e. The summed E-state index contributed by atoms with van der Waals surface area (Å²) in [5.41, 5.74) is 1.34. The molecular weight excluding hydrogens is 386 g/mol. The van der Waals surface area contributed by atoms with Gasteiger partial charge in [0.1, 0.15) is 10.1 Å². The molecular formula is C18H23N3O4S2. The van der Waals surface area contributed by atoms with E-state index in [1.165, 1.54) is 22.2 Å². The number of carboxylic acid groups (broad SMARTS) is 1. The molecule has 6 atom stereocenters. The number of carbonyl (C=O) groups excluding carboxylic acids is 1. The van der Waals surface area contributed by atoms with Crippen molar-refractivity contribution in [2.45, 2.75) is 45.0 Å². The number of hydrogen-bond acceptors (Lipinski definition) is 7. The molecule has 0 radical (unpaired) electrons. The molecule has 146 valence electrons. The first-order valence-electron chi connectivity index (χ1n) is 9.10. The van der Waals surface area contributed by atoms with Gasteiger partial charge in [-0.25, -0.2) is 4.79 Å². The number of fused-ring (bicyclic) bond motifs is 1. The van der Waals surface area contributed by atoms with Gasteiger partial charge in [0.2, 0.25) is 5.91 Å². The molecule has 9 heteroatoms. The number of rotatable bonds is 4. The van der Waals surface area contributed by atoms with Crippen LogP contribution in [0, 0.1) is 11.8 Å². The van der Waals surface area contributed by atoms with Crippen LogP contribution in [0.2, 0.25) is 0 Å². The van der Waals surface area contributed by atoms with E-state index in [0.29, 0.717) is 10.9 Å². The summed E-state index contributed by atoms with van der Waals surface area (Å²) in [6.45, 7) is 6.47. The summed E-state index contributed by atoms with van der Waals surface area (Å²) in [4.78, 5) is 31.1. The minimum Gasteiger partial charge on any atom is -0.477 e. The van der Waals surface area contributed by atoms with E-state index in [4.69, 9.17) is 4.99 Å². The second-order valence-electron chi connectivity index (χ2n) is 7.51. The van der Waals surface area contributed by atoms with E-state index in [1.807, 2.05) is 6.92 Å². The predicted octanol–water partition coefficient (Wildman–Crippen LogP) is 1.26. The molecule has 0 saturated carbocycles. The van der Waals surface area contributed by atoms with Crippen molar-refractivity contribution in [1.29, 1.82) is 0 Å². The number of carboxylic acids is 1. The Morgan fingerprint density at radius 3 is 2.81 bits per heavy atom. The average molecular weight is 410 g/mol. The first kappa shape index (κ1) is 19.0. The normalized spacial score (nSPS) is 36.5. The van der Waals surface area contributed by atoms with Crippen molar-refractivity contribution >= 4 is 39.8 Å². The van der Waals surface area contributed by atoms with E-state index < -0.39 is 18.0 Å². The number of nitrogens with zero attached hydrogens (tertiary/aromatic N) is 2. The summed E-state index contributed by atoms with van der Waals surface area (Å²) < 4.78 is 0.851. The zero-order valence-electron chi connectivity index (χ0n) is 15.4. The smallest absolute Gasteiger partial charge is 0.353 e. The molecule has 4 aliphatic heterocycles. The van der Waals surface area contributed by atoms with Gasteiger partial charge >= 0.3 is 5.97 Å². The molecule has 27 heavy (non-hydrogen) atoms. The van der Waals surface area contributed by atoms with Gasteiger partial charge in [0, 0.05) is 29.2 Å². The molecule has 0 aromatic heterocycles. The lowest BCUT2D eigenvalue weighted by Gasteiger charge is -2.46. The lowest BCUT2D eigenvalue weighted by atomic mass is 9.79. The summed E-state index contributed by atoms with van der Waals surface area (Å²) in [5.74, 6) is -1.21. The molecule has 1 amide bonds. The fraction of sp³-hybridized carbons (Fsp3) is 0.611. The number of aliphatic carboxylic acids is 1. The van der Waals surface area contributed by atoms with Crippen molar-refractivity contribution in [3.8, 4) is 0 Å². The Labute approximate surface area is 166 Å². The van der Waals surface area contributed by atoms with Crippen molar-refractivity contribution in [1.82, 2.24) is 10.2 Å². The maximum atomic E-state index is 12.4. The van der Waals surface area contributed by atoms with Crippen LogP contribution in [0.15, 0.2) is 27.2 Å². The molecule has 1 fully saturated rings. The Hall–Kier alpha value is -1.29. The standard InChI is InChI=1S/C18H23N3O4S2/c1-7-4-10(5-19-7)11-6-26-18(20-11)27-15-8(2)13-12(9(3)22)16(23)21(13)14(15)17(24)25/h4,7-9,11-13,19,22H,5-6H2,1-3H3,(H,24,25)/t7-,8+,9+,11?,12+,13+/m0/s1. The van der Waals surface area contributed by atoms with E-state index in [2.05, 4.69) is 18.3 Å². The highest BCUT2D eigenvalue weighted by Gasteiger charge is 2.60. The number of amides is 1. The third-order valence-electron chi connectivity index (χ3n) is 5.65. The Balaban J connectivity index is 1.57. The van der Waals surface area contributed by atoms with E-state index in [0.717, 1.165) is 16.7 Å². The van der Waals surface area contributed by atoms with Crippen molar-refractivity contribution in [3.63, 3.8) is 0 Å². The summed E-state index contributed by atoms with van der Waals surface area (Å²) >= 11 is 3.01. The summed E-state index contributed by atoms with van der Waals surface area (Å²) in [7, 11) is 0. The van der Waals surface area contributed by atoms with Gasteiger partial charge in [-0.15, -0.1) is 0 Å². The van der Waals surface area contributed by atoms with Crippen LogP contribution in [-0.4, -0.2) is 67.9 Å². The van der Waals surface area contributed by atoms with E-state index in [9.17, 15) is 19.8 Å². The highest BCUT2D eigenvalue weighted by molar-refractivity contribution is 8.40. The molecule has 0 aromatic carbocycles. The van der Waals surface area contributed by atoms with Crippen LogP contribution in [0.3, 0.4) is 0 Å². The Morgan fingerprint density at radius 1 is 1.48 bits per heavy atom. The fourth-order valence-corrected chi connectivity index (χ4v) is 6.77. The molecule has 0 aromatic rings. The van der Waals surface area contributed by atoms with Crippen molar-refractivity contribution in [2.75, 3.05) is 12.3 Å². The Bertz CT molecular complexity index is 791. The molecule has 3 N–H and O–H groups in total. The van der Waals surface area contributed by atoms with E-state index >= 15 is 0 Å². The second-order valence-corrected chi connectivity index (χ2v) is 9.80. The molecule has 0 bridgehead atoms. The number of aliphatic hydroxyl groups is 1. The second kappa shape index (κ2) is 6.95. The summed E-state index contributed by atoms with van der Waals surface area (Å²) in [5, 5.41) is 23.0. The Kier molecular flexibility index (Phi) is 4.90. The number of aliphatic imine (C=N–C) groups is 1. The van der Waals surface area contributed by atoms with Crippen molar-refractivity contribution in [3.05, 3.63) is 22.3 Å². The van der Waals surface area contributed by atoms with Gasteiger partial charge in [-0.2, -0.15) is 0 Å². The van der Waals surface area contributed by atoms with Crippen molar-refractivity contribution < 1.29 is 19.8 Å². The molecule has 4 heterocycles. The van der Waals surface area contributed by atoms with Crippen LogP contribution in [0.5, 0.6) is 0 Å². The number of hydrogen-bond donors (Lipinski definition) is 3. The largest absolute Gasteiger partial charge is 0.477 e.